The molecule has 3 nitrogen and oxygen atoms in total. The summed E-state index contributed by atoms with van der Waals surface area (Å²) < 4.78 is 0. The first-order chi connectivity index (χ1) is 8.47. The van der Waals surface area contributed by atoms with Gasteiger partial charge < -0.3 is 0 Å². The Hall–Kier alpha value is -1.03. The lowest BCUT2D eigenvalue weighted by molar-refractivity contribution is -0.136. The zero-order valence-corrected chi connectivity index (χ0v) is 11.6. The molecule has 0 unspecified atom stereocenters. The highest BCUT2D eigenvalue weighted by Gasteiger charge is 2.37. The molecule has 0 aromatic heterocycles. The maximum absolute atomic E-state index is 12.1. The molecule has 0 spiro atoms. The number of hydrogen-bond acceptors (Lipinski definition) is 2. The minimum absolute atomic E-state index is 0.105. The predicted octanol–water partition coefficient (Wildman–Crippen LogP) is 3.33. The van der Waals surface area contributed by atoms with Gasteiger partial charge in [-0.3, -0.25) is 14.5 Å². The van der Waals surface area contributed by atoms with Crippen LogP contribution in [0.2, 0.25) is 10.0 Å². The lowest BCUT2D eigenvalue weighted by Gasteiger charge is -2.11. The van der Waals surface area contributed by atoms with Gasteiger partial charge in [-0.2, -0.15) is 0 Å². The van der Waals surface area contributed by atoms with Crippen molar-refractivity contribution in [3.05, 3.63) is 38.8 Å². The van der Waals surface area contributed by atoms with Crippen LogP contribution in [0, 0.1) is 0 Å². The minimum Gasteiger partial charge on any atom is -0.274 e. The topological polar surface area (TPSA) is 37.4 Å². The number of nitrogens with zero attached hydrogens (tertiary/aromatic N) is 1. The predicted molar refractivity (Wildman–Crippen MR) is 71.6 cm³/mol. The molecular weight excluding hydrogens is 296 g/mol. The molecule has 18 heavy (non-hydrogen) atoms. The second kappa shape index (κ2) is 4.92. The van der Waals surface area contributed by atoms with Crippen molar-refractivity contribution in [2.45, 2.75) is 6.92 Å². The molecule has 6 heteroatoms. The number of likely N-dealkylation sites (N-methyl/N-ethyl adjacent to an activating group) is 1. The van der Waals surface area contributed by atoms with E-state index in [9.17, 15) is 9.59 Å². The van der Waals surface area contributed by atoms with Crippen molar-refractivity contribution < 1.29 is 9.59 Å². The number of hydrogen-bond donors (Lipinski definition) is 0. The van der Waals surface area contributed by atoms with Crippen molar-refractivity contribution in [2.75, 3.05) is 6.54 Å². The maximum Gasteiger partial charge on any atom is 0.273 e. The van der Waals surface area contributed by atoms with Crippen LogP contribution in [0.15, 0.2) is 23.2 Å². The summed E-state index contributed by atoms with van der Waals surface area (Å²) in [6.45, 7) is 1.97. The molecule has 0 fully saturated rings. The standard InChI is InChI=1S/C12H8Cl3NO2/c1-2-16-11(17)9(10(15)12(16)18)7-4-3-6(13)5-8(7)14/h3-5H,2H2,1H3. The smallest absolute Gasteiger partial charge is 0.273 e. The van der Waals surface area contributed by atoms with Crippen molar-refractivity contribution in [3.63, 3.8) is 0 Å². The number of benzene rings is 1. The van der Waals surface area contributed by atoms with E-state index >= 15 is 0 Å². The highest BCUT2D eigenvalue weighted by molar-refractivity contribution is 6.55. The molecule has 1 aromatic carbocycles. The van der Waals surface area contributed by atoms with E-state index in [1.54, 1.807) is 19.1 Å². The largest absolute Gasteiger partial charge is 0.274 e. The molecule has 0 saturated heterocycles. The molecule has 0 saturated carbocycles. The van der Waals surface area contributed by atoms with E-state index in [0.29, 0.717) is 10.6 Å². The Kier molecular flexibility index (Phi) is 3.66. The fourth-order valence-electron chi connectivity index (χ4n) is 1.76. The summed E-state index contributed by atoms with van der Waals surface area (Å²) in [4.78, 5) is 24.9. The van der Waals surface area contributed by atoms with Crippen LogP contribution in [0.1, 0.15) is 12.5 Å². The Morgan fingerprint density at radius 3 is 2.28 bits per heavy atom. The van der Waals surface area contributed by atoms with E-state index in [4.69, 9.17) is 34.8 Å². The molecule has 1 aliphatic rings. The molecule has 1 aromatic rings. The highest BCUT2D eigenvalue weighted by Crippen LogP contribution is 2.35. The molecule has 2 amide bonds. The molecule has 0 N–H and O–H groups in total. The summed E-state index contributed by atoms with van der Waals surface area (Å²) in [6.07, 6.45) is 0. The number of imide groups is 1. The molecule has 0 bridgehead atoms. The van der Waals surface area contributed by atoms with Crippen LogP contribution >= 0.6 is 34.8 Å². The summed E-state index contributed by atoms with van der Waals surface area (Å²) in [5, 5.41) is 0.630. The first-order valence-electron chi connectivity index (χ1n) is 5.18. The second-order valence-corrected chi connectivity index (χ2v) is 4.89. The summed E-state index contributed by atoms with van der Waals surface area (Å²) in [6, 6.07) is 4.67. The molecule has 0 aliphatic carbocycles. The first kappa shape index (κ1) is 13.4. The lowest BCUT2D eigenvalue weighted by Crippen LogP contribution is -2.30. The Morgan fingerprint density at radius 1 is 1.11 bits per heavy atom. The van der Waals surface area contributed by atoms with Gasteiger partial charge in [0, 0.05) is 17.1 Å². The Morgan fingerprint density at radius 2 is 1.78 bits per heavy atom. The van der Waals surface area contributed by atoms with E-state index in [2.05, 4.69) is 0 Å². The van der Waals surface area contributed by atoms with E-state index in [0.717, 1.165) is 4.90 Å². The summed E-state index contributed by atoms with van der Waals surface area (Å²) in [5.41, 5.74) is 0.547. The third-order valence-corrected chi connectivity index (χ3v) is 3.53. The van der Waals surface area contributed by atoms with Crippen LogP contribution < -0.4 is 0 Å². The van der Waals surface area contributed by atoms with E-state index in [-0.39, 0.29) is 22.2 Å². The zero-order valence-electron chi connectivity index (χ0n) is 9.34. The Bertz CT molecular complexity index is 581. The van der Waals surface area contributed by atoms with E-state index < -0.39 is 11.8 Å². The fourth-order valence-corrected chi connectivity index (χ4v) is 2.55. The van der Waals surface area contributed by atoms with Crippen molar-refractivity contribution >= 4 is 52.2 Å². The number of amides is 2. The van der Waals surface area contributed by atoms with Gasteiger partial charge in [-0.05, 0) is 19.1 Å². The minimum atomic E-state index is -0.495. The van der Waals surface area contributed by atoms with Crippen molar-refractivity contribution in [1.82, 2.24) is 4.90 Å². The molecule has 2 rings (SSSR count). The lowest BCUT2D eigenvalue weighted by atomic mass is 10.1. The van der Waals surface area contributed by atoms with Crippen LogP contribution in [0.25, 0.3) is 5.57 Å². The zero-order chi connectivity index (χ0) is 13.4. The summed E-state index contributed by atoms with van der Waals surface area (Å²) in [5.74, 6) is -0.929. The first-order valence-corrected chi connectivity index (χ1v) is 6.32. The number of halogens is 3. The van der Waals surface area contributed by atoms with Gasteiger partial charge >= 0.3 is 0 Å². The second-order valence-electron chi connectivity index (χ2n) is 3.67. The van der Waals surface area contributed by atoms with E-state index in [1.807, 2.05) is 0 Å². The molecular formula is C12H8Cl3NO2. The summed E-state index contributed by atoms with van der Waals surface area (Å²) >= 11 is 17.7. The molecule has 0 radical (unpaired) electrons. The van der Waals surface area contributed by atoms with Crippen molar-refractivity contribution in [2.24, 2.45) is 0 Å². The van der Waals surface area contributed by atoms with Gasteiger partial charge in [0.15, 0.2) is 0 Å². The Balaban J connectivity index is 2.57. The van der Waals surface area contributed by atoms with Gasteiger partial charge in [-0.15, -0.1) is 0 Å². The SMILES string of the molecule is CCN1C(=O)C(Cl)=C(c2ccc(Cl)cc2Cl)C1=O. The third-order valence-electron chi connectivity index (χ3n) is 2.63. The number of rotatable bonds is 2. The van der Waals surface area contributed by atoms with Crippen LogP contribution in [0.5, 0.6) is 0 Å². The average molecular weight is 305 g/mol. The third kappa shape index (κ3) is 2.03. The van der Waals surface area contributed by atoms with Gasteiger partial charge in [0.2, 0.25) is 0 Å². The van der Waals surface area contributed by atoms with Crippen LogP contribution in [-0.2, 0) is 9.59 Å². The van der Waals surface area contributed by atoms with Gasteiger partial charge in [0.25, 0.3) is 11.8 Å². The highest BCUT2D eigenvalue weighted by atomic mass is 35.5. The molecule has 0 atom stereocenters. The molecule has 1 aliphatic heterocycles. The van der Waals surface area contributed by atoms with Crippen molar-refractivity contribution in [3.8, 4) is 0 Å². The maximum atomic E-state index is 12.1. The molecule has 1 heterocycles. The van der Waals surface area contributed by atoms with E-state index in [1.165, 1.54) is 6.07 Å². The molecule has 94 valence electrons. The summed E-state index contributed by atoms with van der Waals surface area (Å²) in [7, 11) is 0. The fraction of sp³-hybridized carbons (Fsp3) is 0.167. The van der Waals surface area contributed by atoms with Gasteiger partial charge in [-0.1, -0.05) is 40.9 Å². The van der Waals surface area contributed by atoms with Crippen LogP contribution in [0.3, 0.4) is 0 Å². The van der Waals surface area contributed by atoms with Crippen LogP contribution in [0.4, 0.5) is 0 Å². The van der Waals surface area contributed by atoms with Crippen LogP contribution in [-0.4, -0.2) is 23.3 Å². The normalized spacial score (nSPS) is 15.9. The number of carbonyl (C=O) groups is 2. The average Bonchev–Trinajstić information content (AvgIpc) is 2.52. The Labute approximate surface area is 119 Å². The van der Waals surface area contributed by atoms with Gasteiger partial charge in [-0.25, -0.2) is 0 Å². The van der Waals surface area contributed by atoms with Crippen molar-refractivity contribution in [1.29, 1.82) is 0 Å². The van der Waals surface area contributed by atoms with Gasteiger partial charge in [0.1, 0.15) is 5.03 Å². The quantitative estimate of drug-likeness (QED) is 0.786. The number of carbonyl (C=O) groups excluding carboxylic acids is 2. The van der Waals surface area contributed by atoms with Gasteiger partial charge in [0.05, 0.1) is 10.6 Å². The monoisotopic (exact) mass is 303 g/mol.